The highest BCUT2D eigenvalue weighted by Gasteiger charge is 2.15. The largest absolute Gasteiger partial charge is 0.316 e. The van der Waals surface area contributed by atoms with Gasteiger partial charge in [-0.05, 0) is 31.2 Å². The molecule has 0 aliphatic carbocycles. The molecule has 13 heavy (non-hydrogen) atoms. The maximum Gasteiger partial charge on any atom is 0.0417 e. The molecule has 1 aromatic carbocycles. The minimum absolute atomic E-state index is 0.721. The first-order chi connectivity index (χ1) is 6.34. The summed E-state index contributed by atoms with van der Waals surface area (Å²) in [6.45, 7) is 2.27. The second-order valence-corrected chi connectivity index (χ2v) is 5.00. The molecule has 0 spiro atoms. The number of thioether (sulfide) groups is 1. The van der Waals surface area contributed by atoms with E-state index in [0.29, 0.717) is 0 Å². The molecule has 1 fully saturated rings. The molecule has 1 atom stereocenters. The molecule has 0 bridgehead atoms. The zero-order valence-corrected chi connectivity index (χ0v) is 8.87. The summed E-state index contributed by atoms with van der Waals surface area (Å²) in [5.74, 6) is 0. The highest BCUT2D eigenvalue weighted by molar-refractivity contribution is 8.00. The molecular weight excluding hydrogens is 202 g/mol. The van der Waals surface area contributed by atoms with Crippen LogP contribution in [0.2, 0.25) is 5.02 Å². The molecule has 1 unspecified atom stereocenters. The summed E-state index contributed by atoms with van der Waals surface area (Å²) >= 11 is 7.82. The first-order valence-corrected chi connectivity index (χ1v) is 5.73. The van der Waals surface area contributed by atoms with E-state index in [9.17, 15) is 0 Å². The van der Waals surface area contributed by atoms with Gasteiger partial charge in [-0.25, -0.2) is 0 Å². The summed E-state index contributed by atoms with van der Waals surface area (Å²) in [7, 11) is 0. The summed E-state index contributed by atoms with van der Waals surface area (Å²) in [6, 6.07) is 8.07. The van der Waals surface area contributed by atoms with Crippen molar-refractivity contribution in [1.82, 2.24) is 5.32 Å². The van der Waals surface area contributed by atoms with Crippen LogP contribution in [0.3, 0.4) is 0 Å². The number of hydrogen-bond donors (Lipinski definition) is 1. The summed E-state index contributed by atoms with van der Waals surface area (Å²) in [5, 5.41) is 4.90. The molecular formula is C10H12ClNS. The standard InChI is InChI=1S/C10H12ClNS/c11-8-2-1-3-9(6-8)13-10-4-5-12-7-10/h1-3,6,10,12H,4-5,7H2. The predicted octanol–water partition coefficient (Wildman–Crippen LogP) is 2.79. The molecule has 0 saturated carbocycles. The quantitative estimate of drug-likeness (QED) is 0.811. The van der Waals surface area contributed by atoms with E-state index in [0.717, 1.165) is 23.4 Å². The molecule has 1 heterocycles. The van der Waals surface area contributed by atoms with E-state index in [4.69, 9.17) is 11.6 Å². The first kappa shape index (κ1) is 9.38. The normalized spacial score (nSPS) is 22.1. The Labute approximate surface area is 87.9 Å². The fourth-order valence-corrected chi connectivity index (χ4v) is 2.89. The maximum atomic E-state index is 5.90. The van der Waals surface area contributed by atoms with E-state index in [2.05, 4.69) is 11.4 Å². The Morgan fingerprint density at radius 2 is 2.38 bits per heavy atom. The molecule has 1 N–H and O–H groups in total. The average molecular weight is 214 g/mol. The lowest BCUT2D eigenvalue weighted by Gasteiger charge is -2.07. The van der Waals surface area contributed by atoms with Crippen molar-refractivity contribution in [3.05, 3.63) is 29.3 Å². The van der Waals surface area contributed by atoms with Crippen LogP contribution in [0, 0.1) is 0 Å². The zero-order chi connectivity index (χ0) is 9.10. The molecule has 0 amide bonds. The summed E-state index contributed by atoms with van der Waals surface area (Å²) in [6.07, 6.45) is 1.26. The van der Waals surface area contributed by atoms with Gasteiger partial charge in [0, 0.05) is 21.7 Å². The number of rotatable bonds is 2. The van der Waals surface area contributed by atoms with Crippen LogP contribution in [0.15, 0.2) is 29.2 Å². The minimum atomic E-state index is 0.721. The first-order valence-electron chi connectivity index (χ1n) is 4.47. The van der Waals surface area contributed by atoms with Crippen molar-refractivity contribution in [2.24, 2.45) is 0 Å². The van der Waals surface area contributed by atoms with Gasteiger partial charge in [0.15, 0.2) is 0 Å². The SMILES string of the molecule is Clc1cccc(SC2CCNC2)c1. The number of nitrogens with one attached hydrogen (secondary N) is 1. The van der Waals surface area contributed by atoms with Gasteiger partial charge < -0.3 is 5.32 Å². The fourth-order valence-electron chi connectivity index (χ4n) is 1.46. The van der Waals surface area contributed by atoms with Crippen molar-refractivity contribution in [3.63, 3.8) is 0 Å². The average Bonchev–Trinajstić information content (AvgIpc) is 2.57. The third-order valence-electron chi connectivity index (χ3n) is 2.11. The molecule has 1 aliphatic rings. The van der Waals surface area contributed by atoms with Gasteiger partial charge in [0.1, 0.15) is 0 Å². The van der Waals surface area contributed by atoms with Crippen molar-refractivity contribution < 1.29 is 0 Å². The third kappa shape index (κ3) is 2.63. The predicted molar refractivity (Wildman–Crippen MR) is 58.6 cm³/mol. The number of halogens is 1. The lowest BCUT2D eigenvalue weighted by atomic mass is 10.4. The third-order valence-corrected chi connectivity index (χ3v) is 3.61. The lowest BCUT2D eigenvalue weighted by molar-refractivity contribution is 0.858. The van der Waals surface area contributed by atoms with Crippen molar-refractivity contribution in [3.8, 4) is 0 Å². The lowest BCUT2D eigenvalue weighted by Crippen LogP contribution is -2.09. The van der Waals surface area contributed by atoms with Crippen LogP contribution in [-0.4, -0.2) is 18.3 Å². The Hall–Kier alpha value is -0.180. The van der Waals surface area contributed by atoms with E-state index in [1.807, 2.05) is 30.0 Å². The molecule has 0 aromatic heterocycles. The van der Waals surface area contributed by atoms with Crippen molar-refractivity contribution in [2.45, 2.75) is 16.6 Å². The van der Waals surface area contributed by atoms with Crippen LogP contribution in [0.4, 0.5) is 0 Å². The Balaban J connectivity index is 2.00. The Bertz CT molecular complexity index is 284. The molecule has 0 radical (unpaired) electrons. The van der Waals surface area contributed by atoms with Gasteiger partial charge in [0.05, 0.1) is 0 Å². The highest BCUT2D eigenvalue weighted by Crippen LogP contribution is 2.28. The summed E-state index contributed by atoms with van der Waals surface area (Å²) in [4.78, 5) is 1.28. The van der Waals surface area contributed by atoms with E-state index in [1.165, 1.54) is 11.3 Å². The van der Waals surface area contributed by atoms with Gasteiger partial charge in [-0.15, -0.1) is 11.8 Å². The molecule has 1 aliphatic heterocycles. The topological polar surface area (TPSA) is 12.0 Å². The van der Waals surface area contributed by atoms with Crippen molar-refractivity contribution in [1.29, 1.82) is 0 Å². The molecule has 1 aromatic rings. The molecule has 3 heteroatoms. The van der Waals surface area contributed by atoms with Crippen LogP contribution in [0.5, 0.6) is 0 Å². The van der Waals surface area contributed by atoms with Gasteiger partial charge in [0.2, 0.25) is 0 Å². The molecule has 70 valence electrons. The van der Waals surface area contributed by atoms with Crippen LogP contribution in [-0.2, 0) is 0 Å². The summed E-state index contributed by atoms with van der Waals surface area (Å²) < 4.78 is 0. The van der Waals surface area contributed by atoms with Crippen LogP contribution in [0.1, 0.15) is 6.42 Å². The highest BCUT2D eigenvalue weighted by atomic mass is 35.5. The van der Waals surface area contributed by atoms with Gasteiger partial charge in [-0.3, -0.25) is 0 Å². The molecule has 2 rings (SSSR count). The van der Waals surface area contributed by atoms with E-state index < -0.39 is 0 Å². The molecule has 1 nitrogen and oxygen atoms in total. The smallest absolute Gasteiger partial charge is 0.0417 e. The van der Waals surface area contributed by atoms with Crippen LogP contribution >= 0.6 is 23.4 Å². The van der Waals surface area contributed by atoms with Crippen molar-refractivity contribution >= 4 is 23.4 Å². The van der Waals surface area contributed by atoms with Gasteiger partial charge >= 0.3 is 0 Å². The van der Waals surface area contributed by atoms with E-state index in [-0.39, 0.29) is 0 Å². The number of benzene rings is 1. The Kier molecular flexibility index (Phi) is 3.14. The Morgan fingerprint density at radius 1 is 1.46 bits per heavy atom. The van der Waals surface area contributed by atoms with Gasteiger partial charge in [-0.1, -0.05) is 17.7 Å². The fraction of sp³-hybridized carbons (Fsp3) is 0.400. The Morgan fingerprint density at radius 3 is 3.08 bits per heavy atom. The second-order valence-electron chi connectivity index (χ2n) is 3.19. The second kappa shape index (κ2) is 4.36. The van der Waals surface area contributed by atoms with Gasteiger partial charge in [-0.2, -0.15) is 0 Å². The number of hydrogen-bond acceptors (Lipinski definition) is 2. The minimum Gasteiger partial charge on any atom is -0.316 e. The van der Waals surface area contributed by atoms with E-state index >= 15 is 0 Å². The van der Waals surface area contributed by atoms with Gasteiger partial charge in [0.25, 0.3) is 0 Å². The molecule has 1 saturated heterocycles. The zero-order valence-electron chi connectivity index (χ0n) is 7.29. The van der Waals surface area contributed by atoms with Crippen LogP contribution < -0.4 is 5.32 Å². The summed E-state index contributed by atoms with van der Waals surface area (Å²) in [5.41, 5.74) is 0. The maximum absolute atomic E-state index is 5.90. The monoisotopic (exact) mass is 213 g/mol. The van der Waals surface area contributed by atoms with E-state index in [1.54, 1.807) is 0 Å². The van der Waals surface area contributed by atoms with Crippen LogP contribution in [0.25, 0.3) is 0 Å². The van der Waals surface area contributed by atoms with Crippen molar-refractivity contribution in [2.75, 3.05) is 13.1 Å².